The molecule has 5 nitrogen and oxygen atoms in total. The molecule has 4 rings (SSSR count). The van der Waals surface area contributed by atoms with E-state index >= 15 is 0 Å². The minimum absolute atomic E-state index is 0.0143. The number of carbonyl (C=O) groups excluding carboxylic acids is 1. The molecule has 5 heteroatoms. The van der Waals surface area contributed by atoms with Crippen LogP contribution in [0.2, 0.25) is 0 Å². The van der Waals surface area contributed by atoms with Crippen LogP contribution in [0.1, 0.15) is 35.0 Å². The molecule has 2 aromatic heterocycles. The lowest BCUT2D eigenvalue weighted by Gasteiger charge is -2.27. The summed E-state index contributed by atoms with van der Waals surface area (Å²) in [4.78, 5) is 22.0. The average Bonchev–Trinajstić information content (AvgIpc) is 3.06. The van der Waals surface area contributed by atoms with Crippen molar-refractivity contribution in [2.75, 3.05) is 13.1 Å². The molecule has 0 aliphatic carbocycles. The summed E-state index contributed by atoms with van der Waals surface area (Å²) in [5.41, 5.74) is 6.85. The number of hydrogen-bond donors (Lipinski definition) is 2. The van der Waals surface area contributed by atoms with Gasteiger partial charge >= 0.3 is 6.03 Å². The first-order chi connectivity index (χ1) is 13.2. The van der Waals surface area contributed by atoms with E-state index in [2.05, 4.69) is 51.7 Å². The molecule has 2 amide bonds. The van der Waals surface area contributed by atoms with Crippen LogP contribution in [-0.4, -0.2) is 34.0 Å². The summed E-state index contributed by atoms with van der Waals surface area (Å²) in [6.45, 7) is 5.98. The maximum absolute atomic E-state index is 12.2. The summed E-state index contributed by atoms with van der Waals surface area (Å²) in [6.07, 6.45) is 6.95. The minimum Gasteiger partial charge on any atom is -0.358 e. The Morgan fingerprint density at radius 3 is 2.96 bits per heavy atom. The van der Waals surface area contributed by atoms with Crippen LogP contribution < -0.4 is 5.32 Å². The van der Waals surface area contributed by atoms with E-state index in [0.717, 1.165) is 35.3 Å². The topological polar surface area (TPSA) is 61.0 Å². The van der Waals surface area contributed by atoms with E-state index in [4.69, 9.17) is 0 Å². The average molecular weight is 360 g/mol. The number of rotatable bonds is 3. The number of aromatic nitrogens is 2. The van der Waals surface area contributed by atoms with Gasteiger partial charge in [0.2, 0.25) is 0 Å². The zero-order valence-electron chi connectivity index (χ0n) is 15.7. The fraction of sp³-hybridized carbons (Fsp3) is 0.273. The number of nitrogens with one attached hydrogen (secondary N) is 2. The molecule has 0 saturated heterocycles. The van der Waals surface area contributed by atoms with E-state index in [1.165, 1.54) is 16.6 Å². The third kappa shape index (κ3) is 3.45. The molecule has 0 atom stereocenters. The number of benzene rings is 1. The van der Waals surface area contributed by atoms with Crippen LogP contribution in [-0.2, 0) is 13.0 Å². The van der Waals surface area contributed by atoms with Crippen LogP contribution in [0.5, 0.6) is 0 Å². The molecule has 0 fully saturated rings. The molecule has 0 spiro atoms. The highest BCUT2D eigenvalue weighted by Gasteiger charge is 2.24. The van der Waals surface area contributed by atoms with E-state index in [0.29, 0.717) is 13.1 Å². The Morgan fingerprint density at radius 1 is 1.30 bits per heavy atom. The van der Waals surface area contributed by atoms with Crippen molar-refractivity contribution in [3.05, 3.63) is 64.6 Å². The number of carbonyl (C=O) groups is 1. The Labute approximate surface area is 159 Å². The van der Waals surface area contributed by atoms with Crippen molar-refractivity contribution in [3.63, 3.8) is 0 Å². The van der Waals surface area contributed by atoms with Gasteiger partial charge in [0, 0.05) is 54.6 Å². The SMILES string of the molecule is CCNC(=O)N1CCc2[nH]c3c(/C=C/c4ccc(C)nc4)cccc3c2C1. The lowest BCUT2D eigenvalue weighted by atomic mass is 10.0. The third-order valence-corrected chi connectivity index (χ3v) is 5.05. The van der Waals surface area contributed by atoms with Gasteiger partial charge in [-0.1, -0.05) is 36.4 Å². The van der Waals surface area contributed by atoms with Gasteiger partial charge in [-0.25, -0.2) is 4.79 Å². The second-order valence-corrected chi connectivity index (χ2v) is 6.93. The van der Waals surface area contributed by atoms with Gasteiger partial charge in [-0.2, -0.15) is 0 Å². The molecule has 0 radical (unpaired) electrons. The number of amides is 2. The molecule has 2 N–H and O–H groups in total. The van der Waals surface area contributed by atoms with Gasteiger partial charge in [-0.05, 0) is 31.0 Å². The molecule has 3 aromatic rings. The Bertz CT molecular complexity index is 1000. The van der Waals surface area contributed by atoms with Crippen molar-refractivity contribution >= 4 is 29.1 Å². The summed E-state index contributed by atoms with van der Waals surface area (Å²) in [6, 6.07) is 10.4. The molecule has 0 saturated carbocycles. The lowest BCUT2D eigenvalue weighted by molar-refractivity contribution is 0.193. The molecule has 0 bridgehead atoms. The van der Waals surface area contributed by atoms with Gasteiger partial charge < -0.3 is 15.2 Å². The van der Waals surface area contributed by atoms with Gasteiger partial charge in [0.05, 0.1) is 5.52 Å². The second-order valence-electron chi connectivity index (χ2n) is 6.93. The Kier molecular flexibility index (Phi) is 4.67. The standard InChI is InChI=1S/C22H24N4O/c1-3-23-22(27)26-12-11-20-19(14-26)18-6-4-5-17(21(18)25-20)10-9-16-8-7-15(2)24-13-16/h4-10,13,25H,3,11-12,14H2,1-2H3,(H,23,27)/b10-9+. The largest absolute Gasteiger partial charge is 0.358 e. The van der Waals surface area contributed by atoms with E-state index < -0.39 is 0 Å². The first-order valence-corrected chi connectivity index (χ1v) is 9.41. The highest BCUT2D eigenvalue weighted by molar-refractivity contribution is 5.94. The number of aryl methyl sites for hydroxylation is 1. The monoisotopic (exact) mass is 360 g/mol. The van der Waals surface area contributed by atoms with Crippen LogP contribution in [0.3, 0.4) is 0 Å². The van der Waals surface area contributed by atoms with Crippen LogP contribution in [0, 0.1) is 6.92 Å². The number of hydrogen-bond acceptors (Lipinski definition) is 2. The Morgan fingerprint density at radius 2 is 2.19 bits per heavy atom. The number of nitrogens with zero attached hydrogens (tertiary/aromatic N) is 2. The first kappa shape index (κ1) is 17.3. The zero-order chi connectivity index (χ0) is 18.8. The molecule has 1 aromatic carbocycles. The van der Waals surface area contributed by atoms with Crippen molar-refractivity contribution in [1.29, 1.82) is 0 Å². The van der Waals surface area contributed by atoms with Crippen LogP contribution in [0.4, 0.5) is 4.79 Å². The summed E-state index contributed by atoms with van der Waals surface area (Å²) < 4.78 is 0. The van der Waals surface area contributed by atoms with Crippen LogP contribution in [0.15, 0.2) is 36.5 Å². The zero-order valence-corrected chi connectivity index (χ0v) is 15.7. The van der Waals surface area contributed by atoms with Gasteiger partial charge in [-0.3, -0.25) is 4.98 Å². The van der Waals surface area contributed by atoms with E-state index in [9.17, 15) is 4.79 Å². The maximum Gasteiger partial charge on any atom is 0.317 e. The molecule has 138 valence electrons. The molecule has 3 heterocycles. The molecule has 1 aliphatic rings. The summed E-state index contributed by atoms with van der Waals surface area (Å²) in [7, 11) is 0. The fourth-order valence-electron chi connectivity index (χ4n) is 3.60. The van der Waals surface area contributed by atoms with Gasteiger partial charge in [0.1, 0.15) is 0 Å². The van der Waals surface area contributed by atoms with Gasteiger partial charge in [0.15, 0.2) is 0 Å². The molecular weight excluding hydrogens is 336 g/mol. The van der Waals surface area contributed by atoms with Crippen molar-refractivity contribution in [1.82, 2.24) is 20.2 Å². The van der Waals surface area contributed by atoms with Crippen LogP contribution >= 0.6 is 0 Å². The molecular formula is C22H24N4O. The number of aromatic amines is 1. The smallest absolute Gasteiger partial charge is 0.317 e. The predicted octanol–water partition coefficient (Wildman–Crippen LogP) is 4.13. The van der Waals surface area contributed by atoms with Crippen LogP contribution in [0.25, 0.3) is 23.1 Å². The van der Waals surface area contributed by atoms with Crippen molar-refractivity contribution in [2.24, 2.45) is 0 Å². The summed E-state index contributed by atoms with van der Waals surface area (Å²) in [5.74, 6) is 0. The predicted molar refractivity (Wildman–Crippen MR) is 109 cm³/mol. The maximum atomic E-state index is 12.2. The highest BCUT2D eigenvalue weighted by Crippen LogP contribution is 2.30. The molecule has 0 unspecified atom stereocenters. The fourth-order valence-corrected chi connectivity index (χ4v) is 3.60. The molecule has 27 heavy (non-hydrogen) atoms. The van der Waals surface area contributed by atoms with E-state index in [-0.39, 0.29) is 6.03 Å². The number of H-pyrrole nitrogens is 1. The van der Waals surface area contributed by atoms with Gasteiger partial charge in [0.25, 0.3) is 0 Å². The van der Waals surface area contributed by atoms with E-state index in [1.807, 2.05) is 31.0 Å². The van der Waals surface area contributed by atoms with Crippen molar-refractivity contribution in [3.8, 4) is 0 Å². The second kappa shape index (κ2) is 7.27. The highest BCUT2D eigenvalue weighted by atomic mass is 16.2. The minimum atomic E-state index is 0.0143. The van der Waals surface area contributed by atoms with Gasteiger partial charge in [-0.15, -0.1) is 0 Å². The Hall–Kier alpha value is -3.08. The molecule has 1 aliphatic heterocycles. The Balaban J connectivity index is 1.65. The van der Waals surface area contributed by atoms with E-state index in [1.54, 1.807) is 0 Å². The quantitative estimate of drug-likeness (QED) is 0.738. The normalized spacial score (nSPS) is 13.9. The van der Waals surface area contributed by atoms with Crippen molar-refractivity contribution < 1.29 is 4.79 Å². The summed E-state index contributed by atoms with van der Waals surface area (Å²) >= 11 is 0. The first-order valence-electron chi connectivity index (χ1n) is 9.41. The number of fused-ring (bicyclic) bond motifs is 3. The number of para-hydroxylation sites is 1. The lowest BCUT2D eigenvalue weighted by Crippen LogP contribution is -2.42. The van der Waals surface area contributed by atoms with Crippen molar-refractivity contribution in [2.45, 2.75) is 26.8 Å². The number of pyridine rings is 1. The third-order valence-electron chi connectivity index (χ3n) is 5.05. The number of urea groups is 1. The summed E-state index contributed by atoms with van der Waals surface area (Å²) in [5, 5.41) is 4.10.